The molecule has 1 aliphatic rings. The maximum absolute atomic E-state index is 12.9. The van der Waals surface area contributed by atoms with E-state index in [1.165, 1.54) is 70.6 Å². The van der Waals surface area contributed by atoms with Gasteiger partial charge in [-0.2, -0.15) is 0 Å². The molecule has 1 amide bonds. The van der Waals surface area contributed by atoms with Crippen LogP contribution >= 0.6 is 0 Å². The fourth-order valence-corrected chi connectivity index (χ4v) is 6.14. The Kier molecular flexibility index (Phi) is 26.2. The van der Waals surface area contributed by atoms with E-state index in [0.717, 1.165) is 44.9 Å². The van der Waals surface area contributed by atoms with Gasteiger partial charge in [0.15, 0.2) is 6.29 Å². The van der Waals surface area contributed by atoms with Gasteiger partial charge in [-0.3, -0.25) is 4.79 Å². The normalized spacial score (nSPS) is 24.1. The Balaban J connectivity index is 2.54. The van der Waals surface area contributed by atoms with Gasteiger partial charge in [0, 0.05) is 0 Å². The standard InChI is InChI=1S/C36H71NO10/c1-3-5-7-9-11-12-13-14-15-16-18-20-22-24-29(40)35(45)37-27(31(41)28(39)23-21-19-17-10-8-6-4-2)26-46-36-34(44)33(43)32(42)30(25-38)47-36/h27-34,36,38-44H,3-26H2,1-2H3,(H,37,45). The summed E-state index contributed by atoms with van der Waals surface area (Å²) in [4.78, 5) is 12.9. The van der Waals surface area contributed by atoms with Gasteiger partial charge in [-0.15, -0.1) is 0 Å². The van der Waals surface area contributed by atoms with Gasteiger partial charge in [0.05, 0.1) is 25.4 Å². The Hall–Kier alpha value is -0.890. The molecule has 47 heavy (non-hydrogen) atoms. The number of hydrogen-bond donors (Lipinski definition) is 8. The lowest BCUT2D eigenvalue weighted by atomic mass is 9.98. The number of carbonyl (C=O) groups excluding carboxylic acids is 1. The lowest BCUT2D eigenvalue weighted by molar-refractivity contribution is -0.303. The Labute approximate surface area is 284 Å². The molecule has 11 heteroatoms. The van der Waals surface area contributed by atoms with Crippen LogP contribution in [0.1, 0.15) is 155 Å². The molecule has 11 nitrogen and oxygen atoms in total. The van der Waals surface area contributed by atoms with Crippen molar-refractivity contribution in [3.63, 3.8) is 0 Å². The van der Waals surface area contributed by atoms with Crippen molar-refractivity contribution >= 4 is 5.91 Å². The average molecular weight is 678 g/mol. The van der Waals surface area contributed by atoms with Crippen molar-refractivity contribution < 1.29 is 50.0 Å². The van der Waals surface area contributed by atoms with Gasteiger partial charge in [0.2, 0.25) is 5.91 Å². The van der Waals surface area contributed by atoms with Crippen LogP contribution in [0, 0.1) is 0 Å². The van der Waals surface area contributed by atoms with Crippen molar-refractivity contribution in [2.45, 2.75) is 210 Å². The van der Waals surface area contributed by atoms with Crippen LogP contribution in [0.2, 0.25) is 0 Å². The van der Waals surface area contributed by atoms with E-state index in [4.69, 9.17) is 9.47 Å². The number of amides is 1. The summed E-state index contributed by atoms with van der Waals surface area (Å²) >= 11 is 0. The second-order valence-corrected chi connectivity index (χ2v) is 13.7. The largest absolute Gasteiger partial charge is 0.394 e. The van der Waals surface area contributed by atoms with Gasteiger partial charge < -0.3 is 50.5 Å². The van der Waals surface area contributed by atoms with Crippen LogP contribution in [0.25, 0.3) is 0 Å². The number of aliphatic hydroxyl groups excluding tert-OH is 7. The summed E-state index contributed by atoms with van der Waals surface area (Å²) < 4.78 is 11.0. The molecule has 1 rings (SSSR count). The van der Waals surface area contributed by atoms with E-state index in [-0.39, 0.29) is 6.42 Å². The van der Waals surface area contributed by atoms with Crippen LogP contribution in [0.3, 0.4) is 0 Å². The number of carbonyl (C=O) groups is 1. The van der Waals surface area contributed by atoms with Gasteiger partial charge in [0.25, 0.3) is 0 Å². The maximum atomic E-state index is 12.9. The summed E-state index contributed by atoms with van der Waals surface area (Å²) in [5.74, 6) is -0.700. The van der Waals surface area contributed by atoms with Crippen LogP contribution in [0.5, 0.6) is 0 Å². The number of hydrogen-bond acceptors (Lipinski definition) is 10. The fourth-order valence-electron chi connectivity index (χ4n) is 6.14. The van der Waals surface area contributed by atoms with E-state index < -0.39 is 74.2 Å². The van der Waals surface area contributed by atoms with Gasteiger partial charge in [0.1, 0.15) is 36.6 Å². The zero-order valence-corrected chi connectivity index (χ0v) is 29.5. The molecule has 8 N–H and O–H groups in total. The topological polar surface area (TPSA) is 189 Å². The van der Waals surface area contributed by atoms with Crippen molar-refractivity contribution in [3.05, 3.63) is 0 Å². The van der Waals surface area contributed by atoms with Crippen LogP contribution in [-0.2, 0) is 14.3 Å². The molecule has 0 radical (unpaired) electrons. The van der Waals surface area contributed by atoms with Gasteiger partial charge in [-0.05, 0) is 12.8 Å². The summed E-state index contributed by atoms with van der Waals surface area (Å²) in [6.07, 6.45) is 11.9. The molecule has 0 saturated carbocycles. The highest BCUT2D eigenvalue weighted by Crippen LogP contribution is 2.23. The predicted octanol–water partition coefficient (Wildman–Crippen LogP) is 3.99. The lowest BCUT2D eigenvalue weighted by Gasteiger charge is -2.40. The zero-order chi connectivity index (χ0) is 34.9. The van der Waals surface area contributed by atoms with Crippen molar-refractivity contribution in [1.82, 2.24) is 5.32 Å². The van der Waals surface area contributed by atoms with Crippen LogP contribution in [-0.4, -0.2) is 110 Å². The van der Waals surface area contributed by atoms with E-state index in [0.29, 0.717) is 19.3 Å². The zero-order valence-electron chi connectivity index (χ0n) is 29.5. The number of ether oxygens (including phenoxy) is 2. The van der Waals surface area contributed by atoms with Gasteiger partial charge >= 0.3 is 0 Å². The van der Waals surface area contributed by atoms with Gasteiger partial charge in [-0.1, -0.05) is 142 Å². The highest BCUT2D eigenvalue weighted by Gasteiger charge is 2.44. The highest BCUT2D eigenvalue weighted by atomic mass is 16.7. The second kappa shape index (κ2) is 27.9. The third-order valence-electron chi connectivity index (χ3n) is 9.41. The molecule has 9 unspecified atom stereocenters. The van der Waals surface area contributed by atoms with E-state index in [1.54, 1.807) is 0 Å². The molecule has 0 aromatic rings. The molecule has 1 fully saturated rings. The molecule has 1 heterocycles. The second-order valence-electron chi connectivity index (χ2n) is 13.7. The minimum absolute atomic E-state index is 0.264. The number of aliphatic hydroxyl groups is 7. The minimum Gasteiger partial charge on any atom is -0.394 e. The van der Waals surface area contributed by atoms with E-state index in [9.17, 15) is 40.5 Å². The maximum Gasteiger partial charge on any atom is 0.249 e. The molecule has 0 aromatic carbocycles. The summed E-state index contributed by atoms with van der Waals surface area (Å²) in [5, 5.41) is 74.9. The first kappa shape index (κ1) is 44.1. The van der Waals surface area contributed by atoms with Crippen molar-refractivity contribution in [2.75, 3.05) is 13.2 Å². The van der Waals surface area contributed by atoms with Crippen molar-refractivity contribution in [2.24, 2.45) is 0 Å². The summed E-state index contributed by atoms with van der Waals surface area (Å²) in [6.45, 7) is 3.34. The first-order chi connectivity index (χ1) is 22.7. The SMILES string of the molecule is CCCCCCCCCCCCCCCC(O)C(=O)NC(COC1OC(CO)C(O)C(O)C1O)C(O)C(O)CCCCCCCCC. The molecule has 280 valence electrons. The third-order valence-corrected chi connectivity index (χ3v) is 9.41. The third kappa shape index (κ3) is 19.2. The first-order valence-corrected chi connectivity index (χ1v) is 18.9. The molecular formula is C36H71NO10. The molecular weight excluding hydrogens is 606 g/mol. The average Bonchev–Trinajstić information content (AvgIpc) is 3.07. The van der Waals surface area contributed by atoms with Crippen LogP contribution in [0.15, 0.2) is 0 Å². The molecule has 9 atom stereocenters. The quantitative estimate of drug-likeness (QED) is 0.0516. The molecule has 1 aliphatic heterocycles. The van der Waals surface area contributed by atoms with E-state index in [2.05, 4.69) is 19.2 Å². The Morgan fingerprint density at radius 1 is 0.660 bits per heavy atom. The first-order valence-electron chi connectivity index (χ1n) is 18.9. The fraction of sp³-hybridized carbons (Fsp3) is 0.972. The lowest BCUT2D eigenvalue weighted by Crippen LogP contribution is -2.60. The van der Waals surface area contributed by atoms with E-state index >= 15 is 0 Å². The number of unbranched alkanes of at least 4 members (excludes halogenated alkanes) is 18. The van der Waals surface area contributed by atoms with Gasteiger partial charge in [-0.25, -0.2) is 0 Å². The molecule has 0 bridgehead atoms. The minimum atomic E-state index is -1.65. The van der Waals surface area contributed by atoms with Crippen LogP contribution in [0.4, 0.5) is 0 Å². The monoisotopic (exact) mass is 678 g/mol. The molecule has 0 aliphatic carbocycles. The summed E-state index contributed by atoms with van der Waals surface area (Å²) in [7, 11) is 0. The predicted molar refractivity (Wildman–Crippen MR) is 183 cm³/mol. The number of nitrogens with one attached hydrogen (secondary N) is 1. The smallest absolute Gasteiger partial charge is 0.249 e. The molecule has 0 spiro atoms. The summed E-state index contributed by atoms with van der Waals surface area (Å²) in [6, 6.07) is -1.16. The van der Waals surface area contributed by atoms with Crippen molar-refractivity contribution in [3.8, 4) is 0 Å². The Morgan fingerprint density at radius 2 is 1.11 bits per heavy atom. The number of rotatable bonds is 30. The molecule has 0 aromatic heterocycles. The Morgan fingerprint density at radius 3 is 1.57 bits per heavy atom. The summed E-state index contributed by atoms with van der Waals surface area (Å²) in [5.41, 5.74) is 0. The van der Waals surface area contributed by atoms with Crippen molar-refractivity contribution in [1.29, 1.82) is 0 Å². The Bertz CT molecular complexity index is 745. The van der Waals surface area contributed by atoms with E-state index in [1.807, 2.05) is 0 Å². The highest BCUT2D eigenvalue weighted by molar-refractivity contribution is 5.80. The molecule has 1 saturated heterocycles. The van der Waals surface area contributed by atoms with Crippen LogP contribution < -0.4 is 5.32 Å².